The molecule has 112 valence electrons. The highest BCUT2D eigenvalue weighted by Crippen LogP contribution is 2.22. The normalized spacial score (nSPS) is 16.6. The molecule has 0 bridgehead atoms. The topological polar surface area (TPSA) is 47.3 Å². The van der Waals surface area contributed by atoms with Crippen LogP contribution in [0.2, 0.25) is 0 Å². The predicted molar refractivity (Wildman–Crippen MR) is 83.1 cm³/mol. The maximum absolute atomic E-state index is 12.5. The Labute approximate surface area is 127 Å². The molecule has 0 N–H and O–H groups in total. The molecule has 1 amide bonds. The summed E-state index contributed by atoms with van der Waals surface area (Å²) in [5.74, 6) is 0.0899. The van der Waals surface area contributed by atoms with Crippen molar-refractivity contribution in [2.75, 3.05) is 32.7 Å². The van der Waals surface area contributed by atoms with Crippen molar-refractivity contribution in [3.63, 3.8) is 0 Å². The molecule has 0 spiro atoms. The van der Waals surface area contributed by atoms with Gasteiger partial charge in [0.05, 0.1) is 12.6 Å². The van der Waals surface area contributed by atoms with E-state index in [1.54, 1.807) is 0 Å². The standard InChI is InChI=1S/C17H23N3O/c1-17(2,3)15-6-4-14(5-7-15)16(21)20-12-10-19(9-8-18)11-13-20/h4-7H,9-13H2,1-3H3. The van der Waals surface area contributed by atoms with Crippen molar-refractivity contribution >= 4 is 5.91 Å². The van der Waals surface area contributed by atoms with E-state index >= 15 is 0 Å². The van der Waals surface area contributed by atoms with Gasteiger partial charge in [0.15, 0.2) is 0 Å². The first kappa shape index (κ1) is 15.5. The van der Waals surface area contributed by atoms with Crippen LogP contribution < -0.4 is 0 Å². The number of carbonyl (C=O) groups is 1. The van der Waals surface area contributed by atoms with E-state index in [9.17, 15) is 4.79 Å². The lowest BCUT2D eigenvalue weighted by Gasteiger charge is -2.33. The van der Waals surface area contributed by atoms with Gasteiger partial charge < -0.3 is 4.90 Å². The minimum Gasteiger partial charge on any atom is -0.336 e. The van der Waals surface area contributed by atoms with Crippen LogP contribution in [-0.2, 0) is 5.41 Å². The van der Waals surface area contributed by atoms with Gasteiger partial charge in [0, 0.05) is 31.7 Å². The average molecular weight is 285 g/mol. The highest BCUT2D eigenvalue weighted by atomic mass is 16.2. The molecule has 1 aromatic rings. The van der Waals surface area contributed by atoms with Gasteiger partial charge in [-0.25, -0.2) is 0 Å². The molecule has 1 aromatic carbocycles. The summed E-state index contributed by atoms with van der Waals surface area (Å²) in [6.45, 7) is 9.89. The molecule has 1 aliphatic heterocycles. The maximum atomic E-state index is 12.5. The average Bonchev–Trinajstić information content (AvgIpc) is 2.47. The Bertz CT molecular complexity index is 529. The molecule has 21 heavy (non-hydrogen) atoms. The van der Waals surface area contributed by atoms with E-state index in [0.29, 0.717) is 19.6 Å². The van der Waals surface area contributed by atoms with E-state index in [2.05, 4.69) is 31.7 Å². The number of rotatable bonds is 2. The summed E-state index contributed by atoms with van der Waals surface area (Å²) in [5.41, 5.74) is 2.08. The van der Waals surface area contributed by atoms with E-state index in [1.807, 2.05) is 29.2 Å². The van der Waals surface area contributed by atoms with Gasteiger partial charge in [-0.3, -0.25) is 9.69 Å². The lowest BCUT2D eigenvalue weighted by molar-refractivity contribution is 0.0651. The molecule has 1 fully saturated rings. The SMILES string of the molecule is CC(C)(C)c1ccc(C(=O)N2CCN(CC#N)CC2)cc1. The predicted octanol–water partition coefficient (Wildman–Crippen LogP) is 2.27. The van der Waals surface area contributed by atoms with E-state index in [1.165, 1.54) is 5.56 Å². The Morgan fingerprint density at radius 1 is 1.14 bits per heavy atom. The molecule has 0 atom stereocenters. The van der Waals surface area contributed by atoms with Gasteiger partial charge in [0.2, 0.25) is 0 Å². The zero-order valence-electron chi connectivity index (χ0n) is 13.1. The van der Waals surface area contributed by atoms with E-state index < -0.39 is 0 Å². The molecule has 0 unspecified atom stereocenters. The van der Waals surface area contributed by atoms with Crippen LogP contribution in [0, 0.1) is 11.3 Å². The van der Waals surface area contributed by atoms with Crippen molar-refractivity contribution in [1.82, 2.24) is 9.80 Å². The molecule has 0 radical (unpaired) electrons. The van der Waals surface area contributed by atoms with Crippen molar-refractivity contribution in [1.29, 1.82) is 5.26 Å². The smallest absolute Gasteiger partial charge is 0.253 e. The van der Waals surface area contributed by atoms with Gasteiger partial charge in [0.1, 0.15) is 0 Å². The fourth-order valence-corrected chi connectivity index (χ4v) is 2.50. The Kier molecular flexibility index (Phi) is 4.64. The molecule has 4 nitrogen and oxygen atoms in total. The maximum Gasteiger partial charge on any atom is 0.253 e. The van der Waals surface area contributed by atoms with Crippen molar-refractivity contribution in [2.24, 2.45) is 0 Å². The summed E-state index contributed by atoms with van der Waals surface area (Å²) < 4.78 is 0. The second-order valence-electron chi connectivity index (χ2n) is 6.55. The monoisotopic (exact) mass is 285 g/mol. The van der Waals surface area contributed by atoms with Crippen molar-refractivity contribution in [2.45, 2.75) is 26.2 Å². The van der Waals surface area contributed by atoms with Gasteiger partial charge in [-0.05, 0) is 23.1 Å². The lowest BCUT2D eigenvalue weighted by atomic mass is 9.86. The first-order valence-electron chi connectivity index (χ1n) is 7.41. The number of nitrogens with zero attached hydrogens (tertiary/aromatic N) is 3. The van der Waals surface area contributed by atoms with Gasteiger partial charge in [-0.1, -0.05) is 32.9 Å². The second-order valence-corrected chi connectivity index (χ2v) is 6.55. The number of hydrogen-bond acceptors (Lipinski definition) is 3. The summed E-state index contributed by atoms with van der Waals surface area (Å²) in [6, 6.07) is 10.1. The van der Waals surface area contributed by atoms with Crippen LogP contribution in [-0.4, -0.2) is 48.4 Å². The van der Waals surface area contributed by atoms with Crippen LogP contribution in [0.25, 0.3) is 0 Å². The fraction of sp³-hybridized carbons (Fsp3) is 0.529. The van der Waals surface area contributed by atoms with Crippen LogP contribution >= 0.6 is 0 Å². The second kappa shape index (κ2) is 6.28. The lowest BCUT2D eigenvalue weighted by Crippen LogP contribution is -2.48. The molecule has 1 aliphatic rings. The Balaban J connectivity index is 2.00. The number of benzene rings is 1. The number of hydrogen-bond donors (Lipinski definition) is 0. The van der Waals surface area contributed by atoms with Crippen LogP contribution in [0.1, 0.15) is 36.7 Å². The number of carbonyl (C=O) groups excluding carboxylic acids is 1. The number of piperazine rings is 1. The van der Waals surface area contributed by atoms with Crippen LogP contribution in [0.3, 0.4) is 0 Å². The minimum absolute atomic E-state index is 0.0899. The first-order chi connectivity index (χ1) is 9.91. The summed E-state index contributed by atoms with van der Waals surface area (Å²) in [7, 11) is 0. The highest BCUT2D eigenvalue weighted by molar-refractivity contribution is 5.94. The molecular weight excluding hydrogens is 262 g/mol. The Morgan fingerprint density at radius 3 is 2.19 bits per heavy atom. The quantitative estimate of drug-likeness (QED) is 0.783. The van der Waals surface area contributed by atoms with Gasteiger partial charge in [-0.2, -0.15) is 5.26 Å². The van der Waals surface area contributed by atoms with Crippen molar-refractivity contribution in [3.8, 4) is 6.07 Å². The number of nitriles is 1. The minimum atomic E-state index is 0.0899. The zero-order valence-corrected chi connectivity index (χ0v) is 13.1. The van der Waals surface area contributed by atoms with E-state index in [4.69, 9.17) is 5.26 Å². The van der Waals surface area contributed by atoms with Gasteiger partial charge in [0.25, 0.3) is 5.91 Å². The van der Waals surface area contributed by atoms with E-state index in [0.717, 1.165) is 18.7 Å². The van der Waals surface area contributed by atoms with E-state index in [-0.39, 0.29) is 11.3 Å². The zero-order chi connectivity index (χ0) is 15.5. The Morgan fingerprint density at radius 2 is 1.71 bits per heavy atom. The summed E-state index contributed by atoms with van der Waals surface area (Å²) in [6.07, 6.45) is 0. The summed E-state index contributed by atoms with van der Waals surface area (Å²) in [4.78, 5) is 16.4. The highest BCUT2D eigenvalue weighted by Gasteiger charge is 2.22. The van der Waals surface area contributed by atoms with Crippen molar-refractivity contribution < 1.29 is 4.79 Å². The molecule has 1 heterocycles. The fourth-order valence-electron chi connectivity index (χ4n) is 2.50. The molecule has 2 rings (SSSR count). The summed E-state index contributed by atoms with van der Waals surface area (Å²) >= 11 is 0. The van der Waals surface area contributed by atoms with Crippen LogP contribution in [0.4, 0.5) is 0 Å². The third kappa shape index (κ3) is 3.83. The largest absolute Gasteiger partial charge is 0.336 e. The molecule has 0 aromatic heterocycles. The van der Waals surface area contributed by atoms with Crippen molar-refractivity contribution in [3.05, 3.63) is 35.4 Å². The summed E-state index contributed by atoms with van der Waals surface area (Å²) in [5, 5.41) is 8.69. The van der Waals surface area contributed by atoms with Gasteiger partial charge >= 0.3 is 0 Å². The Hall–Kier alpha value is -1.86. The number of amides is 1. The third-order valence-corrected chi connectivity index (χ3v) is 3.95. The molecule has 0 aliphatic carbocycles. The van der Waals surface area contributed by atoms with Crippen LogP contribution in [0.15, 0.2) is 24.3 Å². The third-order valence-electron chi connectivity index (χ3n) is 3.95. The van der Waals surface area contributed by atoms with Gasteiger partial charge in [-0.15, -0.1) is 0 Å². The molecule has 1 saturated heterocycles. The molecular formula is C17H23N3O. The molecule has 0 saturated carbocycles. The van der Waals surface area contributed by atoms with Crippen LogP contribution in [0.5, 0.6) is 0 Å². The molecule has 4 heteroatoms. The first-order valence-corrected chi connectivity index (χ1v) is 7.41.